The van der Waals surface area contributed by atoms with Crippen molar-refractivity contribution in [2.45, 2.75) is 38.5 Å². The van der Waals surface area contributed by atoms with E-state index in [1.54, 1.807) is 0 Å². The Bertz CT molecular complexity index is 2470. The number of fused-ring (bicyclic) bond motifs is 12. The van der Waals surface area contributed by atoms with Gasteiger partial charge < -0.3 is 10.2 Å². The number of benzene rings is 6. The Kier molecular flexibility index (Phi) is 6.97. The van der Waals surface area contributed by atoms with Crippen LogP contribution in [0.1, 0.15) is 49.9 Å². The van der Waals surface area contributed by atoms with Crippen LogP contribution < -0.4 is 0 Å². The second kappa shape index (κ2) is 11.0. The predicted molar refractivity (Wildman–Crippen MR) is 197 cm³/mol. The van der Waals surface area contributed by atoms with Gasteiger partial charge in [-0.05, 0) is 55.9 Å². The summed E-state index contributed by atoms with van der Waals surface area (Å²) in [4.78, 5) is 9.46. The molecule has 6 aromatic carbocycles. The molecule has 0 bridgehead atoms. The van der Waals surface area contributed by atoms with Gasteiger partial charge in [-0.2, -0.15) is 0 Å². The number of phenolic OH excluding ortho intramolecular Hbond substituents is 2. The smallest absolute Gasteiger partial charge is 0.133 e. The van der Waals surface area contributed by atoms with Gasteiger partial charge in [0.2, 0.25) is 0 Å². The minimum absolute atomic E-state index is 0. The molecule has 5 heteroatoms. The third-order valence-electron chi connectivity index (χ3n) is 10.7. The zero-order valence-corrected chi connectivity index (χ0v) is 31.0. The van der Waals surface area contributed by atoms with Crippen LogP contribution in [0.15, 0.2) is 122 Å². The fraction of sp³-hybridized carbons (Fsp3) is 0.136. The molecule has 0 radical (unpaired) electrons. The van der Waals surface area contributed by atoms with Gasteiger partial charge >= 0.3 is 0 Å². The van der Waals surface area contributed by atoms with Gasteiger partial charge in [0.15, 0.2) is 0 Å². The van der Waals surface area contributed by atoms with E-state index in [0.717, 1.165) is 66.0 Å². The van der Waals surface area contributed by atoms with Gasteiger partial charge in [0.1, 0.15) is 11.5 Å². The normalized spacial score (nSPS) is 14.4. The van der Waals surface area contributed by atoms with Crippen molar-refractivity contribution in [3.8, 4) is 34.0 Å². The largest absolute Gasteiger partial charge is 0.507 e. The summed E-state index contributed by atoms with van der Waals surface area (Å²) in [5.74, 6) is 0.690. The second-order valence-electron chi connectivity index (χ2n) is 14.1. The summed E-state index contributed by atoms with van der Waals surface area (Å²) < 4.78 is 0. The first kappa shape index (κ1) is 31.2. The average molecular weight is 688 g/mol. The molecule has 2 heterocycles. The van der Waals surface area contributed by atoms with Crippen LogP contribution in [0.25, 0.3) is 65.6 Å². The van der Waals surface area contributed by atoms with Crippen LogP contribution in [-0.2, 0) is 30.3 Å². The van der Waals surface area contributed by atoms with Crippen molar-refractivity contribution in [3.05, 3.63) is 144 Å². The molecule has 8 aromatic rings. The maximum atomic E-state index is 11.0. The number of aromatic hydroxyl groups is 2. The first-order valence-corrected chi connectivity index (χ1v) is 16.5. The van der Waals surface area contributed by atoms with Crippen molar-refractivity contribution < 1.29 is 29.7 Å². The zero-order valence-electron chi connectivity index (χ0n) is 28.0. The number of hydrogen-bond acceptors (Lipinski definition) is 4. The third-order valence-corrected chi connectivity index (χ3v) is 10.7. The molecule has 0 aliphatic heterocycles. The van der Waals surface area contributed by atoms with E-state index in [4.69, 9.17) is 9.97 Å². The molecular formula is C44H34N2O2Zn. The molecule has 2 N–H and O–H groups in total. The predicted octanol–water partition coefficient (Wildman–Crippen LogP) is 10.8. The number of phenols is 2. The van der Waals surface area contributed by atoms with Crippen LogP contribution in [0.2, 0.25) is 0 Å². The first-order chi connectivity index (χ1) is 23.2. The molecule has 10 rings (SSSR count). The molecule has 2 aliphatic rings. The molecular weight excluding hydrogens is 654 g/mol. The van der Waals surface area contributed by atoms with Crippen molar-refractivity contribution in [1.29, 1.82) is 0 Å². The van der Waals surface area contributed by atoms with E-state index in [2.05, 4.69) is 88.4 Å². The Morgan fingerprint density at radius 1 is 0.449 bits per heavy atom. The summed E-state index contributed by atoms with van der Waals surface area (Å²) >= 11 is 0. The van der Waals surface area contributed by atoms with E-state index < -0.39 is 0 Å². The van der Waals surface area contributed by atoms with Crippen LogP contribution in [0.4, 0.5) is 0 Å². The fourth-order valence-electron chi connectivity index (χ4n) is 8.36. The number of rotatable bonds is 0. The molecule has 0 saturated heterocycles. The van der Waals surface area contributed by atoms with Gasteiger partial charge in [-0.3, -0.25) is 9.97 Å². The molecule has 0 atom stereocenters. The van der Waals surface area contributed by atoms with Crippen molar-refractivity contribution >= 4 is 43.1 Å². The van der Waals surface area contributed by atoms with Crippen LogP contribution >= 0.6 is 0 Å². The SMILES string of the molecule is CC1(C)c2cc3ccccc3c(O)c2-c2ncc3ccccc3c21.CC1(C)c2cc3ccccc3c(O)c2-c2ncc3ccccc3c21.[Zn]. The van der Waals surface area contributed by atoms with Crippen LogP contribution in [0, 0.1) is 0 Å². The summed E-state index contributed by atoms with van der Waals surface area (Å²) in [5.41, 5.74) is 7.94. The quantitative estimate of drug-likeness (QED) is 0.156. The van der Waals surface area contributed by atoms with Gasteiger partial charge in [-0.25, -0.2) is 0 Å². The maximum Gasteiger partial charge on any atom is 0.133 e. The molecule has 0 unspecified atom stereocenters. The Morgan fingerprint density at radius 3 is 1.16 bits per heavy atom. The zero-order chi connectivity index (χ0) is 32.9. The molecule has 4 nitrogen and oxygen atoms in total. The van der Waals surface area contributed by atoms with Crippen LogP contribution in [0.3, 0.4) is 0 Å². The van der Waals surface area contributed by atoms with Gasteiger partial charge in [0.05, 0.1) is 11.4 Å². The van der Waals surface area contributed by atoms with Crippen LogP contribution in [0.5, 0.6) is 11.5 Å². The standard InChI is InChI=1S/2C22H17NO.Zn/c2*1-22(2)17-11-13-7-3-6-10-16(13)21(24)18(17)20-19(22)15-9-5-4-8-14(15)12-23-20;/h2*3-12,24H,1-2H3;. The van der Waals surface area contributed by atoms with E-state index in [0.29, 0.717) is 11.5 Å². The summed E-state index contributed by atoms with van der Waals surface area (Å²) in [6, 6.07) is 37.1. The number of hydrogen-bond donors (Lipinski definition) is 2. The number of aromatic nitrogens is 2. The molecule has 0 saturated carbocycles. The van der Waals surface area contributed by atoms with E-state index in [9.17, 15) is 10.2 Å². The molecule has 2 aliphatic carbocycles. The topological polar surface area (TPSA) is 66.2 Å². The molecule has 234 valence electrons. The number of nitrogens with zero attached hydrogens (tertiary/aromatic N) is 2. The van der Waals surface area contributed by atoms with E-state index in [1.165, 1.54) is 21.9 Å². The summed E-state index contributed by atoms with van der Waals surface area (Å²) in [5, 5.41) is 30.6. The fourth-order valence-corrected chi connectivity index (χ4v) is 8.36. The van der Waals surface area contributed by atoms with E-state index in [-0.39, 0.29) is 30.3 Å². The van der Waals surface area contributed by atoms with Crippen molar-refractivity contribution in [2.24, 2.45) is 0 Å². The average Bonchev–Trinajstić information content (AvgIpc) is 3.48. The third kappa shape index (κ3) is 4.32. The molecule has 49 heavy (non-hydrogen) atoms. The Labute approximate surface area is 297 Å². The summed E-state index contributed by atoms with van der Waals surface area (Å²) in [6.45, 7) is 8.89. The monoisotopic (exact) mass is 686 g/mol. The summed E-state index contributed by atoms with van der Waals surface area (Å²) in [6.07, 6.45) is 3.82. The van der Waals surface area contributed by atoms with Gasteiger partial charge in [0.25, 0.3) is 0 Å². The Balaban J connectivity index is 0.000000139. The molecule has 0 amide bonds. The van der Waals surface area contributed by atoms with Gasteiger partial charge in [0, 0.05) is 75.4 Å². The van der Waals surface area contributed by atoms with E-state index in [1.807, 2.05) is 60.9 Å². The minimum atomic E-state index is -0.194. The minimum Gasteiger partial charge on any atom is -0.507 e. The van der Waals surface area contributed by atoms with Crippen LogP contribution in [-0.4, -0.2) is 20.2 Å². The van der Waals surface area contributed by atoms with Crippen molar-refractivity contribution in [3.63, 3.8) is 0 Å². The second-order valence-corrected chi connectivity index (χ2v) is 14.1. The Hall–Kier alpha value is -5.12. The van der Waals surface area contributed by atoms with Crippen molar-refractivity contribution in [2.75, 3.05) is 0 Å². The molecule has 0 fully saturated rings. The molecule has 2 aromatic heterocycles. The van der Waals surface area contributed by atoms with Gasteiger partial charge in [-0.15, -0.1) is 0 Å². The van der Waals surface area contributed by atoms with Crippen molar-refractivity contribution in [1.82, 2.24) is 9.97 Å². The van der Waals surface area contributed by atoms with Gasteiger partial charge in [-0.1, -0.05) is 125 Å². The number of pyridine rings is 2. The molecule has 0 spiro atoms. The maximum absolute atomic E-state index is 11.0. The van der Waals surface area contributed by atoms with E-state index >= 15 is 0 Å². The summed E-state index contributed by atoms with van der Waals surface area (Å²) in [7, 11) is 0. The Morgan fingerprint density at radius 2 is 0.776 bits per heavy atom. The first-order valence-electron chi connectivity index (χ1n) is 16.5.